The van der Waals surface area contributed by atoms with E-state index in [9.17, 15) is 22.8 Å². The number of carbonyl (C=O) groups is 2. The van der Waals surface area contributed by atoms with Gasteiger partial charge in [-0.15, -0.1) is 0 Å². The third kappa shape index (κ3) is 5.80. The molecule has 0 fully saturated rings. The number of para-hydroxylation sites is 1. The highest BCUT2D eigenvalue weighted by Crippen LogP contribution is 2.19. The van der Waals surface area contributed by atoms with Crippen LogP contribution >= 0.6 is 0 Å². The Kier molecular flexibility index (Phi) is 7.02. The van der Waals surface area contributed by atoms with Crippen LogP contribution in [0.3, 0.4) is 0 Å². The number of nitrogens with one attached hydrogen (secondary N) is 2. The van der Waals surface area contributed by atoms with Crippen LogP contribution in [0.5, 0.6) is 5.75 Å². The molecule has 0 heterocycles. The van der Waals surface area contributed by atoms with Gasteiger partial charge in [0, 0.05) is 6.54 Å². The van der Waals surface area contributed by atoms with Crippen molar-refractivity contribution < 1.29 is 27.5 Å². The summed E-state index contributed by atoms with van der Waals surface area (Å²) in [6, 6.07) is 11.7. The first-order chi connectivity index (χ1) is 12.5. The fraction of sp³-hybridized carbons (Fsp3) is 0.222. The van der Waals surface area contributed by atoms with Crippen molar-refractivity contribution in [2.75, 3.05) is 13.1 Å². The summed E-state index contributed by atoms with van der Waals surface area (Å²) in [5.74, 6) is -1.84. The van der Waals surface area contributed by atoms with E-state index in [4.69, 9.17) is 0 Å². The smallest absolute Gasteiger partial charge is 0.387 e. The van der Waals surface area contributed by atoms with Gasteiger partial charge in [-0.25, -0.2) is 4.39 Å². The lowest BCUT2D eigenvalue weighted by molar-refractivity contribution is -0.120. The zero-order valence-corrected chi connectivity index (χ0v) is 13.7. The molecule has 2 aromatic carbocycles. The van der Waals surface area contributed by atoms with E-state index in [0.29, 0.717) is 12.0 Å². The molecule has 0 aliphatic rings. The fourth-order valence-corrected chi connectivity index (χ4v) is 2.21. The molecular formula is C18H17F3N2O3. The molecule has 0 aromatic heterocycles. The number of halogens is 3. The molecule has 2 N–H and O–H groups in total. The number of hydrogen-bond acceptors (Lipinski definition) is 3. The van der Waals surface area contributed by atoms with E-state index in [1.54, 1.807) is 18.2 Å². The van der Waals surface area contributed by atoms with Crippen molar-refractivity contribution >= 4 is 11.8 Å². The Morgan fingerprint density at radius 1 is 1.00 bits per heavy atom. The molecule has 0 spiro atoms. The Bertz CT molecular complexity index is 769. The van der Waals surface area contributed by atoms with Gasteiger partial charge < -0.3 is 15.4 Å². The summed E-state index contributed by atoms with van der Waals surface area (Å²) in [6.45, 7) is -3.22. The monoisotopic (exact) mass is 366 g/mol. The molecule has 138 valence electrons. The summed E-state index contributed by atoms with van der Waals surface area (Å²) < 4.78 is 42.4. The summed E-state index contributed by atoms with van der Waals surface area (Å²) in [6.07, 6.45) is 0.303. The van der Waals surface area contributed by atoms with Crippen LogP contribution in [0.15, 0.2) is 48.5 Å². The lowest BCUT2D eigenvalue weighted by Gasteiger charge is -2.11. The van der Waals surface area contributed by atoms with E-state index < -0.39 is 18.4 Å². The van der Waals surface area contributed by atoms with Gasteiger partial charge in [-0.3, -0.25) is 9.59 Å². The third-order valence-electron chi connectivity index (χ3n) is 3.43. The number of hydrogen-bond donors (Lipinski definition) is 2. The molecule has 0 aliphatic heterocycles. The lowest BCUT2D eigenvalue weighted by Crippen LogP contribution is -2.37. The molecule has 26 heavy (non-hydrogen) atoms. The van der Waals surface area contributed by atoms with Crippen LogP contribution in [0, 0.1) is 5.82 Å². The van der Waals surface area contributed by atoms with Crippen molar-refractivity contribution in [3.05, 3.63) is 65.5 Å². The molecule has 0 unspecified atom stereocenters. The Morgan fingerprint density at radius 2 is 1.69 bits per heavy atom. The van der Waals surface area contributed by atoms with Gasteiger partial charge in [0.1, 0.15) is 11.6 Å². The topological polar surface area (TPSA) is 67.4 Å². The molecule has 8 heteroatoms. The Labute approximate surface area is 148 Å². The Hall–Kier alpha value is -3.03. The number of alkyl halides is 2. The minimum atomic E-state index is -3.06. The highest BCUT2D eigenvalue weighted by molar-refractivity contribution is 5.98. The highest BCUT2D eigenvalue weighted by atomic mass is 19.3. The van der Waals surface area contributed by atoms with E-state index in [0.717, 1.165) is 0 Å². The van der Waals surface area contributed by atoms with Crippen molar-refractivity contribution in [3.63, 3.8) is 0 Å². The van der Waals surface area contributed by atoms with Crippen LogP contribution < -0.4 is 15.4 Å². The molecule has 0 atom stereocenters. The van der Waals surface area contributed by atoms with Crippen molar-refractivity contribution in [2.24, 2.45) is 0 Å². The molecule has 0 saturated carbocycles. The maximum absolute atomic E-state index is 13.4. The maximum atomic E-state index is 13.4. The normalized spacial score (nSPS) is 10.5. The number of ether oxygens (including phenoxy) is 1. The second kappa shape index (κ2) is 9.45. The van der Waals surface area contributed by atoms with Crippen molar-refractivity contribution in [1.82, 2.24) is 10.6 Å². The van der Waals surface area contributed by atoms with Gasteiger partial charge >= 0.3 is 6.61 Å². The van der Waals surface area contributed by atoms with Gasteiger partial charge in [0.15, 0.2) is 0 Å². The summed E-state index contributed by atoms with van der Waals surface area (Å²) in [7, 11) is 0. The first kappa shape index (κ1) is 19.3. The van der Waals surface area contributed by atoms with Crippen molar-refractivity contribution in [3.8, 4) is 5.75 Å². The van der Waals surface area contributed by atoms with Crippen LogP contribution in [-0.2, 0) is 11.2 Å². The molecule has 2 rings (SSSR count). The third-order valence-corrected chi connectivity index (χ3v) is 3.43. The van der Waals surface area contributed by atoms with Gasteiger partial charge in [-0.05, 0) is 30.2 Å². The zero-order valence-electron chi connectivity index (χ0n) is 13.7. The minimum absolute atomic E-state index is 0.105. The predicted octanol–water partition coefficient (Wildman–Crippen LogP) is 2.52. The van der Waals surface area contributed by atoms with Crippen LogP contribution in [0.1, 0.15) is 15.9 Å². The van der Waals surface area contributed by atoms with Gasteiger partial charge in [0.05, 0.1) is 12.1 Å². The van der Waals surface area contributed by atoms with Gasteiger partial charge in [-0.2, -0.15) is 8.78 Å². The standard InChI is InChI=1S/C18H17F3N2O3/c19-14-7-3-1-5-12(14)9-10-22-16(24)11-23-17(25)13-6-2-4-8-15(13)26-18(20)21/h1-8,18H,9-11H2,(H,22,24)(H,23,25). The van der Waals surface area contributed by atoms with Gasteiger partial charge in [-0.1, -0.05) is 30.3 Å². The first-order valence-corrected chi connectivity index (χ1v) is 7.79. The fourth-order valence-electron chi connectivity index (χ4n) is 2.21. The highest BCUT2D eigenvalue weighted by Gasteiger charge is 2.15. The second-order valence-electron chi connectivity index (χ2n) is 5.25. The summed E-state index contributed by atoms with van der Waals surface area (Å²) in [4.78, 5) is 23.8. The lowest BCUT2D eigenvalue weighted by atomic mass is 10.1. The average Bonchev–Trinajstić information content (AvgIpc) is 2.61. The molecule has 2 aromatic rings. The maximum Gasteiger partial charge on any atom is 0.387 e. The van der Waals surface area contributed by atoms with Crippen LogP contribution in [0.25, 0.3) is 0 Å². The molecule has 0 saturated heterocycles. The summed E-state index contributed by atoms with van der Waals surface area (Å²) in [5, 5.41) is 4.86. The molecule has 0 aliphatic carbocycles. The quantitative estimate of drug-likeness (QED) is 0.754. The van der Waals surface area contributed by atoms with E-state index in [-0.39, 0.29) is 30.2 Å². The SMILES string of the molecule is O=C(CNC(=O)c1ccccc1OC(F)F)NCCc1ccccc1F. The van der Waals surface area contributed by atoms with Gasteiger partial charge in [0.25, 0.3) is 5.91 Å². The number of carbonyl (C=O) groups excluding carboxylic acids is 2. The molecule has 5 nitrogen and oxygen atoms in total. The van der Waals surface area contributed by atoms with E-state index in [1.807, 2.05) is 0 Å². The second-order valence-corrected chi connectivity index (χ2v) is 5.25. The average molecular weight is 366 g/mol. The number of benzene rings is 2. The van der Waals surface area contributed by atoms with E-state index in [1.165, 1.54) is 30.3 Å². The molecular weight excluding hydrogens is 349 g/mol. The zero-order chi connectivity index (χ0) is 18.9. The largest absolute Gasteiger partial charge is 0.434 e. The van der Waals surface area contributed by atoms with Crippen molar-refractivity contribution in [2.45, 2.75) is 13.0 Å². The predicted molar refractivity (Wildman–Crippen MR) is 88.5 cm³/mol. The van der Waals surface area contributed by atoms with E-state index >= 15 is 0 Å². The van der Waals surface area contributed by atoms with Crippen LogP contribution in [0.4, 0.5) is 13.2 Å². The number of rotatable bonds is 8. The summed E-state index contributed by atoms with van der Waals surface area (Å²) >= 11 is 0. The Balaban J connectivity index is 1.80. The molecule has 0 radical (unpaired) electrons. The van der Waals surface area contributed by atoms with E-state index in [2.05, 4.69) is 15.4 Å². The van der Waals surface area contributed by atoms with Gasteiger partial charge in [0.2, 0.25) is 5.91 Å². The summed E-state index contributed by atoms with van der Waals surface area (Å²) in [5.41, 5.74) is 0.363. The first-order valence-electron chi connectivity index (χ1n) is 7.79. The number of amides is 2. The van der Waals surface area contributed by atoms with Crippen LogP contribution in [-0.4, -0.2) is 31.5 Å². The molecule has 2 amide bonds. The minimum Gasteiger partial charge on any atom is -0.434 e. The van der Waals surface area contributed by atoms with Crippen molar-refractivity contribution in [1.29, 1.82) is 0 Å². The Morgan fingerprint density at radius 3 is 2.42 bits per heavy atom. The van der Waals surface area contributed by atoms with Crippen LogP contribution in [0.2, 0.25) is 0 Å². The molecule has 0 bridgehead atoms.